The van der Waals surface area contributed by atoms with E-state index in [4.69, 9.17) is 4.74 Å². The third-order valence-electron chi connectivity index (χ3n) is 2.86. The van der Waals surface area contributed by atoms with Gasteiger partial charge in [-0.3, -0.25) is 0 Å². The van der Waals surface area contributed by atoms with Crippen molar-refractivity contribution >= 4 is 15.9 Å². The Hall–Kier alpha value is -1.28. The van der Waals surface area contributed by atoms with Gasteiger partial charge in [0.05, 0.1) is 6.61 Å². The molecule has 1 nitrogen and oxygen atoms in total. The molecule has 0 aromatic heterocycles. The smallest absolute Gasteiger partial charge is 0.119 e. The van der Waals surface area contributed by atoms with Crippen LogP contribution in [0, 0.1) is 0 Å². The number of rotatable bonds is 5. The molecule has 0 radical (unpaired) electrons. The summed E-state index contributed by atoms with van der Waals surface area (Å²) in [5, 5.41) is 0.987. The molecule has 0 aliphatic rings. The summed E-state index contributed by atoms with van der Waals surface area (Å²) in [6.07, 6.45) is 1.05. The Balaban J connectivity index is 2.30. The van der Waals surface area contributed by atoms with E-state index in [1.165, 1.54) is 16.7 Å². The fourth-order valence-corrected chi connectivity index (χ4v) is 2.45. The van der Waals surface area contributed by atoms with E-state index in [0.29, 0.717) is 6.61 Å². The Labute approximate surface area is 117 Å². The van der Waals surface area contributed by atoms with Crippen LogP contribution in [0.25, 0.3) is 11.1 Å². The molecule has 0 fully saturated rings. The highest BCUT2D eigenvalue weighted by Crippen LogP contribution is 2.26. The average Bonchev–Trinajstić information content (AvgIpc) is 2.41. The molecule has 2 rings (SSSR count). The first kappa shape index (κ1) is 13.2. The van der Waals surface area contributed by atoms with Crippen molar-refractivity contribution in [1.82, 2.24) is 0 Å². The fraction of sp³-hybridized carbons (Fsp3) is 0.250. The molecule has 0 spiro atoms. The lowest BCUT2D eigenvalue weighted by molar-refractivity contribution is 0.340. The fourth-order valence-electron chi connectivity index (χ4n) is 2.02. The molecule has 0 N–H and O–H groups in total. The summed E-state index contributed by atoms with van der Waals surface area (Å²) in [5.41, 5.74) is 3.92. The van der Waals surface area contributed by atoms with Crippen molar-refractivity contribution in [3.63, 3.8) is 0 Å². The summed E-state index contributed by atoms with van der Waals surface area (Å²) < 4.78 is 5.47. The van der Waals surface area contributed by atoms with E-state index in [9.17, 15) is 0 Å². The molecule has 0 atom stereocenters. The van der Waals surface area contributed by atoms with Gasteiger partial charge in [-0.05, 0) is 42.2 Å². The molecular weight excluding hydrogens is 288 g/mol. The average molecular weight is 305 g/mol. The van der Waals surface area contributed by atoms with Crippen LogP contribution in [0.15, 0.2) is 48.5 Å². The number of halogens is 1. The van der Waals surface area contributed by atoms with Crippen LogP contribution in [0.3, 0.4) is 0 Å². The van der Waals surface area contributed by atoms with Gasteiger partial charge < -0.3 is 4.74 Å². The Bertz CT molecular complexity index is 491. The van der Waals surface area contributed by atoms with Gasteiger partial charge in [-0.1, -0.05) is 52.3 Å². The maximum Gasteiger partial charge on any atom is 0.119 e. The van der Waals surface area contributed by atoms with E-state index in [2.05, 4.69) is 52.3 Å². The lowest BCUT2D eigenvalue weighted by Crippen LogP contribution is -1.92. The van der Waals surface area contributed by atoms with Gasteiger partial charge in [0.1, 0.15) is 5.75 Å². The lowest BCUT2D eigenvalue weighted by Gasteiger charge is -2.09. The number of hydrogen-bond acceptors (Lipinski definition) is 1. The van der Waals surface area contributed by atoms with E-state index >= 15 is 0 Å². The zero-order chi connectivity index (χ0) is 12.8. The van der Waals surface area contributed by atoms with Crippen LogP contribution in [-0.2, 0) is 6.42 Å². The van der Waals surface area contributed by atoms with Gasteiger partial charge in [-0.15, -0.1) is 0 Å². The Morgan fingerprint density at radius 2 is 1.72 bits per heavy atom. The summed E-state index contributed by atoms with van der Waals surface area (Å²) in [4.78, 5) is 0. The molecule has 0 aliphatic heterocycles. The van der Waals surface area contributed by atoms with Crippen molar-refractivity contribution in [2.45, 2.75) is 13.3 Å². The van der Waals surface area contributed by atoms with Crippen LogP contribution in [0.1, 0.15) is 12.5 Å². The zero-order valence-corrected chi connectivity index (χ0v) is 12.1. The van der Waals surface area contributed by atoms with Gasteiger partial charge in [-0.25, -0.2) is 0 Å². The number of hydrogen-bond donors (Lipinski definition) is 0. The van der Waals surface area contributed by atoms with Crippen LogP contribution in [-0.4, -0.2) is 11.9 Å². The first-order chi connectivity index (χ1) is 8.85. The maximum absolute atomic E-state index is 5.47. The van der Waals surface area contributed by atoms with E-state index in [0.717, 1.165) is 17.5 Å². The van der Waals surface area contributed by atoms with Gasteiger partial charge in [0.25, 0.3) is 0 Å². The van der Waals surface area contributed by atoms with Crippen LogP contribution < -0.4 is 4.74 Å². The molecule has 18 heavy (non-hydrogen) atoms. The molecule has 0 saturated heterocycles. The van der Waals surface area contributed by atoms with Crippen molar-refractivity contribution in [3.8, 4) is 16.9 Å². The molecule has 0 amide bonds. The SMILES string of the molecule is CCOc1ccc(-c2ccccc2CCBr)cc1. The van der Waals surface area contributed by atoms with Crippen LogP contribution in [0.2, 0.25) is 0 Å². The highest BCUT2D eigenvalue weighted by atomic mass is 79.9. The topological polar surface area (TPSA) is 9.23 Å². The minimum atomic E-state index is 0.708. The molecule has 94 valence electrons. The zero-order valence-electron chi connectivity index (χ0n) is 10.5. The summed E-state index contributed by atoms with van der Waals surface area (Å²) in [7, 11) is 0. The number of aryl methyl sites for hydroxylation is 1. The predicted molar refractivity (Wildman–Crippen MR) is 80.5 cm³/mol. The third kappa shape index (κ3) is 3.14. The van der Waals surface area contributed by atoms with Crippen LogP contribution in [0.5, 0.6) is 5.75 Å². The quantitative estimate of drug-likeness (QED) is 0.728. The van der Waals surface area contributed by atoms with E-state index < -0.39 is 0 Å². The van der Waals surface area contributed by atoms with E-state index in [1.807, 2.05) is 19.1 Å². The summed E-state index contributed by atoms with van der Waals surface area (Å²) in [6, 6.07) is 16.9. The largest absolute Gasteiger partial charge is 0.494 e. The van der Waals surface area contributed by atoms with Gasteiger partial charge in [0.15, 0.2) is 0 Å². The molecule has 0 unspecified atom stereocenters. The molecule has 0 bridgehead atoms. The molecular formula is C16H17BrO. The molecule has 0 aliphatic carbocycles. The molecule has 2 aromatic rings. The second-order valence-electron chi connectivity index (χ2n) is 4.05. The summed E-state index contributed by atoms with van der Waals surface area (Å²) in [5.74, 6) is 0.930. The highest BCUT2D eigenvalue weighted by molar-refractivity contribution is 9.09. The van der Waals surface area contributed by atoms with Crippen molar-refractivity contribution in [2.24, 2.45) is 0 Å². The Morgan fingerprint density at radius 1 is 1.00 bits per heavy atom. The van der Waals surface area contributed by atoms with Gasteiger partial charge in [0, 0.05) is 5.33 Å². The second kappa shape index (κ2) is 6.60. The van der Waals surface area contributed by atoms with Crippen molar-refractivity contribution in [2.75, 3.05) is 11.9 Å². The number of ether oxygens (including phenoxy) is 1. The second-order valence-corrected chi connectivity index (χ2v) is 4.85. The summed E-state index contributed by atoms with van der Waals surface area (Å²) >= 11 is 3.50. The monoisotopic (exact) mass is 304 g/mol. The van der Waals surface area contributed by atoms with Gasteiger partial charge in [0.2, 0.25) is 0 Å². The first-order valence-electron chi connectivity index (χ1n) is 6.22. The summed E-state index contributed by atoms with van der Waals surface area (Å²) in [6.45, 7) is 2.71. The minimum absolute atomic E-state index is 0.708. The van der Waals surface area contributed by atoms with Gasteiger partial charge in [-0.2, -0.15) is 0 Å². The maximum atomic E-state index is 5.47. The van der Waals surface area contributed by atoms with E-state index in [1.54, 1.807) is 0 Å². The van der Waals surface area contributed by atoms with Crippen molar-refractivity contribution in [1.29, 1.82) is 0 Å². The van der Waals surface area contributed by atoms with Crippen molar-refractivity contribution < 1.29 is 4.74 Å². The Morgan fingerprint density at radius 3 is 2.39 bits per heavy atom. The van der Waals surface area contributed by atoms with Crippen LogP contribution >= 0.6 is 15.9 Å². The molecule has 2 aromatic carbocycles. The lowest BCUT2D eigenvalue weighted by atomic mass is 9.98. The number of alkyl halides is 1. The first-order valence-corrected chi connectivity index (χ1v) is 7.34. The predicted octanol–water partition coefficient (Wildman–Crippen LogP) is 4.69. The standard InChI is InChI=1S/C16H17BrO/c1-2-18-15-9-7-14(8-10-15)16-6-4-3-5-13(16)11-12-17/h3-10H,2,11-12H2,1H3. The number of benzene rings is 2. The normalized spacial score (nSPS) is 10.3. The Kier molecular flexibility index (Phi) is 4.82. The molecule has 0 saturated carbocycles. The third-order valence-corrected chi connectivity index (χ3v) is 3.25. The van der Waals surface area contributed by atoms with Crippen LogP contribution in [0.4, 0.5) is 0 Å². The van der Waals surface area contributed by atoms with E-state index in [-0.39, 0.29) is 0 Å². The van der Waals surface area contributed by atoms with Crippen molar-refractivity contribution in [3.05, 3.63) is 54.1 Å². The minimum Gasteiger partial charge on any atom is -0.494 e. The molecule has 2 heteroatoms. The molecule has 0 heterocycles. The highest BCUT2D eigenvalue weighted by Gasteiger charge is 2.04. The van der Waals surface area contributed by atoms with Gasteiger partial charge >= 0.3 is 0 Å².